The fraction of sp³-hybridized carbons (Fsp3) is 1.00. The van der Waals surface area contributed by atoms with E-state index in [4.69, 9.17) is 0 Å². The van der Waals surface area contributed by atoms with E-state index in [-0.39, 0.29) is 17.1 Å². The van der Waals surface area contributed by atoms with Crippen molar-refractivity contribution in [3.05, 3.63) is 0 Å². The summed E-state index contributed by atoms with van der Waals surface area (Å²) in [5, 5.41) is 0. The summed E-state index contributed by atoms with van der Waals surface area (Å²) in [5.41, 5.74) is 0. The van der Waals surface area contributed by atoms with Crippen LogP contribution in [0.25, 0.3) is 0 Å². The first-order valence-electron chi connectivity index (χ1n) is 6.12. The van der Waals surface area contributed by atoms with Gasteiger partial charge in [0.05, 0.1) is 0 Å². The molecule has 2 fully saturated rings. The van der Waals surface area contributed by atoms with Gasteiger partial charge in [0.25, 0.3) is 0 Å². The molecule has 0 bridgehead atoms. The van der Waals surface area contributed by atoms with Crippen molar-refractivity contribution in [3.8, 4) is 0 Å². The average Bonchev–Trinajstić information content (AvgIpc) is 2.60. The summed E-state index contributed by atoms with van der Waals surface area (Å²) in [6.45, 7) is 5.23. The Kier molecular flexibility index (Phi) is 2.85. The molecule has 13 heavy (non-hydrogen) atoms. The first-order valence-corrected chi connectivity index (χ1v) is 9.09. The van der Waals surface area contributed by atoms with Crippen LogP contribution < -0.4 is 0 Å². The van der Waals surface area contributed by atoms with Crippen molar-refractivity contribution >= 4 is 0 Å². The van der Waals surface area contributed by atoms with Gasteiger partial charge in [-0.05, 0) is 0 Å². The molecule has 2 saturated carbocycles. The number of rotatable bonds is 2. The second kappa shape index (κ2) is 3.65. The topological polar surface area (TPSA) is 0 Å². The normalized spacial score (nSPS) is 30.3. The first-order chi connectivity index (χ1) is 6.12. The summed E-state index contributed by atoms with van der Waals surface area (Å²) in [7, 11) is 0. The molecule has 0 aromatic carbocycles. The molecule has 0 atom stereocenters. The molecular formula is C12H22Zn. The van der Waals surface area contributed by atoms with Gasteiger partial charge in [-0.25, -0.2) is 0 Å². The van der Waals surface area contributed by atoms with E-state index in [1.54, 1.807) is 25.7 Å². The summed E-state index contributed by atoms with van der Waals surface area (Å²) >= 11 is -0.299. The van der Waals surface area contributed by atoms with E-state index in [9.17, 15) is 0 Å². The Morgan fingerprint density at radius 1 is 0.692 bits per heavy atom. The maximum atomic E-state index is 2.61. The molecule has 1 heteroatoms. The van der Waals surface area contributed by atoms with Crippen LogP contribution in [0.4, 0.5) is 0 Å². The van der Waals surface area contributed by atoms with Crippen LogP contribution in [0.2, 0.25) is 8.02 Å². The molecule has 72 valence electrons. The average molecular weight is 232 g/mol. The predicted molar refractivity (Wildman–Crippen MR) is 53.7 cm³/mol. The van der Waals surface area contributed by atoms with Crippen LogP contribution in [-0.4, -0.2) is 0 Å². The van der Waals surface area contributed by atoms with Crippen molar-refractivity contribution in [1.29, 1.82) is 0 Å². The molecule has 0 heterocycles. The summed E-state index contributed by atoms with van der Waals surface area (Å²) < 4.78 is 1.82. The maximum absolute atomic E-state index is 2.61. The summed E-state index contributed by atoms with van der Waals surface area (Å²) in [5.74, 6) is 0. The molecule has 0 radical (unpaired) electrons. The van der Waals surface area contributed by atoms with E-state index in [0.717, 1.165) is 8.02 Å². The van der Waals surface area contributed by atoms with Crippen LogP contribution in [0.3, 0.4) is 0 Å². The van der Waals surface area contributed by atoms with Gasteiger partial charge in [-0.1, -0.05) is 0 Å². The molecule has 2 rings (SSSR count). The quantitative estimate of drug-likeness (QED) is 0.611. The van der Waals surface area contributed by atoms with Crippen LogP contribution in [0.5, 0.6) is 0 Å². The molecule has 0 spiro atoms. The summed E-state index contributed by atoms with van der Waals surface area (Å²) in [6, 6.07) is 0. The van der Waals surface area contributed by atoms with Gasteiger partial charge in [0, 0.05) is 0 Å². The standard InChI is InChI=1S/2C6H11.Zn/c2*1-6-4-2-3-5-6;/h2*2-5H2,1H3;. The molecule has 0 aromatic heterocycles. The van der Waals surface area contributed by atoms with E-state index in [1.165, 1.54) is 25.7 Å². The van der Waals surface area contributed by atoms with Gasteiger partial charge in [0.15, 0.2) is 0 Å². The molecule has 0 saturated heterocycles. The zero-order valence-corrected chi connectivity index (χ0v) is 12.3. The van der Waals surface area contributed by atoms with Crippen molar-refractivity contribution in [2.75, 3.05) is 0 Å². The number of hydrogen-bond donors (Lipinski definition) is 0. The fourth-order valence-electron chi connectivity index (χ4n) is 3.84. The van der Waals surface area contributed by atoms with Gasteiger partial charge in [-0.15, -0.1) is 0 Å². The minimum atomic E-state index is -0.299. The molecule has 2 aliphatic rings. The van der Waals surface area contributed by atoms with Gasteiger partial charge >= 0.3 is 90.4 Å². The third kappa shape index (κ3) is 2.35. The molecule has 0 nitrogen and oxygen atoms in total. The second-order valence-electron chi connectivity index (χ2n) is 6.21. The predicted octanol–water partition coefficient (Wildman–Crippen LogP) is 4.57. The molecule has 0 unspecified atom stereocenters. The van der Waals surface area contributed by atoms with Gasteiger partial charge in [-0.2, -0.15) is 0 Å². The zero-order chi connectivity index (χ0) is 9.36. The Hall–Kier alpha value is 0.623. The third-order valence-corrected chi connectivity index (χ3v) is 11.0. The third-order valence-electron chi connectivity index (χ3n) is 4.47. The molecule has 0 aliphatic heterocycles. The second-order valence-corrected chi connectivity index (χ2v) is 14.1. The monoisotopic (exact) mass is 230 g/mol. The fourth-order valence-corrected chi connectivity index (χ4v) is 11.7. The van der Waals surface area contributed by atoms with Crippen LogP contribution >= 0.6 is 0 Å². The van der Waals surface area contributed by atoms with E-state index >= 15 is 0 Å². The van der Waals surface area contributed by atoms with Gasteiger partial charge in [0.1, 0.15) is 0 Å². The first kappa shape index (κ1) is 10.2. The number of hydrogen-bond acceptors (Lipinski definition) is 0. The molecule has 2 aliphatic carbocycles. The van der Waals surface area contributed by atoms with E-state index < -0.39 is 0 Å². The van der Waals surface area contributed by atoms with Crippen molar-refractivity contribution < 1.29 is 17.1 Å². The SMILES string of the molecule is C[C]1([Zn][C]2(C)CCCC2)CCCC1. The Morgan fingerprint density at radius 2 is 1.00 bits per heavy atom. The minimum absolute atomic E-state index is 0.299. The van der Waals surface area contributed by atoms with Gasteiger partial charge in [-0.3, -0.25) is 0 Å². The summed E-state index contributed by atoms with van der Waals surface area (Å²) in [4.78, 5) is 0. The molecule has 0 N–H and O–H groups in total. The van der Waals surface area contributed by atoms with E-state index in [1.807, 2.05) is 0 Å². The zero-order valence-electron chi connectivity index (χ0n) is 9.36. The molecule has 0 amide bonds. The van der Waals surface area contributed by atoms with E-state index in [2.05, 4.69) is 13.8 Å². The molecule has 0 aromatic rings. The van der Waals surface area contributed by atoms with Crippen LogP contribution in [0.15, 0.2) is 0 Å². The Balaban J connectivity index is 1.95. The summed E-state index contributed by atoms with van der Waals surface area (Å²) in [6.07, 6.45) is 12.5. The van der Waals surface area contributed by atoms with Crippen LogP contribution in [-0.2, 0) is 17.1 Å². The van der Waals surface area contributed by atoms with E-state index in [0.29, 0.717) is 0 Å². The van der Waals surface area contributed by atoms with Crippen LogP contribution in [0, 0.1) is 0 Å². The van der Waals surface area contributed by atoms with Crippen molar-refractivity contribution in [2.24, 2.45) is 0 Å². The molecular weight excluding hydrogens is 210 g/mol. The Morgan fingerprint density at radius 3 is 1.31 bits per heavy atom. The van der Waals surface area contributed by atoms with Gasteiger partial charge in [0.2, 0.25) is 0 Å². The Labute approximate surface area is 90.5 Å². The van der Waals surface area contributed by atoms with Crippen LogP contribution in [0.1, 0.15) is 65.2 Å². The Bertz CT molecular complexity index is 154. The van der Waals surface area contributed by atoms with Crippen molar-refractivity contribution in [2.45, 2.75) is 73.2 Å². The van der Waals surface area contributed by atoms with Crippen molar-refractivity contribution in [3.63, 3.8) is 0 Å². The van der Waals surface area contributed by atoms with Gasteiger partial charge < -0.3 is 0 Å². The van der Waals surface area contributed by atoms with Crippen molar-refractivity contribution in [1.82, 2.24) is 0 Å².